The second-order valence-electron chi connectivity index (χ2n) is 5.75. The first-order valence-electron chi connectivity index (χ1n) is 7.70. The van der Waals surface area contributed by atoms with Crippen molar-refractivity contribution in [3.05, 3.63) is 70.2 Å². The van der Waals surface area contributed by atoms with Crippen LogP contribution in [-0.4, -0.2) is 20.3 Å². The third kappa shape index (κ3) is 3.14. The van der Waals surface area contributed by atoms with E-state index in [-0.39, 0.29) is 11.9 Å². The molecule has 1 amide bonds. The molecule has 1 unspecified atom stereocenters. The quantitative estimate of drug-likeness (QED) is 0.741. The van der Waals surface area contributed by atoms with Crippen molar-refractivity contribution in [1.29, 1.82) is 0 Å². The van der Waals surface area contributed by atoms with Crippen LogP contribution in [0.2, 0.25) is 0 Å². The Morgan fingerprint density at radius 2 is 1.83 bits per heavy atom. The fraction of sp³-hybridized carbons (Fsp3) is 0.222. The minimum atomic E-state index is -0.187. The number of nitrogens with one attached hydrogen (secondary N) is 1. The van der Waals surface area contributed by atoms with E-state index in [1.54, 1.807) is 4.68 Å². The van der Waals surface area contributed by atoms with E-state index >= 15 is 0 Å². The van der Waals surface area contributed by atoms with E-state index in [9.17, 15) is 4.79 Å². The average Bonchev–Trinajstić information content (AvgIpc) is 3.20. The number of nitrogens with zero attached hydrogens (tertiary/aromatic N) is 3. The van der Waals surface area contributed by atoms with Crippen LogP contribution in [0.25, 0.3) is 5.69 Å². The molecule has 0 aliphatic heterocycles. The molecule has 0 radical (unpaired) electrons. The highest BCUT2D eigenvalue weighted by molar-refractivity contribution is 9.10. The van der Waals surface area contributed by atoms with Crippen molar-refractivity contribution in [1.82, 2.24) is 19.7 Å². The molecule has 0 saturated carbocycles. The van der Waals surface area contributed by atoms with Gasteiger partial charge in [0.05, 0.1) is 16.2 Å². The average molecular weight is 387 g/mol. The van der Waals surface area contributed by atoms with Crippen LogP contribution in [0.5, 0.6) is 0 Å². The molecule has 3 rings (SSSR count). The van der Waals surface area contributed by atoms with E-state index in [0.29, 0.717) is 5.69 Å². The molecule has 0 aliphatic carbocycles. The van der Waals surface area contributed by atoms with Crippen molar-refractivity contribution in [2.75, 3.05) is 0 Å². The molecule has 2 heterocycles. The van der Waals surface area contributed by atoms with Crippen LogP contribution >= 0.6 is 15.9 Å². The lowest BCUT2D eigenvalue weighted by Crippen LogP contribution is -2.27. The summed E-state index contributed by atoms with van der Waals surface area (Å²) in [6, 6.07) is 12.0. The van der Waals surface area contributed by atoms with Crippen LogP contribution in [0.1, 0.15) is 34.7 Å². The number of carbonyl (C=O) groups excluding carboxylic acids is 1. The number of hydrogen-bond donors (Lipinski definition) is 1. The van der Waals surface area contributed by atoms with Crippen LogP contribution < -0.4 is 5.32 Å². The zero-order valence-corrected chi connectivity index (χ0v) is 15.4. The number of aryl methyl sites for hydroxylation is 1. The fourth-order valence-corrected chi connectivity index (χ4v) is 3.03. The molecule has 24 heavy (non-hydrogen) atoms. The zero-order chi connectivity index (χ0) is 17.3. The minimum absolute atomic E-state index is 0.106. The third-order valence-corrected chi connectivity index (χ3v) is 5.07. The van der Waals surface area contributed by atoms with Gasteiger partial charge in [-0.15, -0.1) is 0 Å². The predicted octanol–water partition coefficient (Wildman–Crippen LogP) is 3.77. The number of benzene rings is 1. The Morgan fingerprint density at radius 1 is 1.21 bits per heavy atom. The number of amides is 1. The topological polar surface area (TPSA) is 51.9 Å². The monoisotopic (exact) mass is 386 g/mol. The molecule has 0 aliphatic rings. The van der Waals surface area contributed by atoms with E-state index in [1.807, 2.05) is 74.3 Å². The number of carbonyl (C=O) groups is 1. The minimum Gasteiger partial charge on any atom is -0.344 e. The first-order chi connectivity index (χ1) is 11.5. The van der Waals surface area contributed by atoms with Gasteiger partial charge in [-0.05, 0) is 59.6 Å². The highest BCUT2D eigenvalue weighted by Gasteiger charge is 2.19. The zero-order valence-electron chi connectivity index (χ0n) is 13.8. The summed E-state index contributed by atoms with van der Waals surface area (Å²) in [7, 11) is 1.82. The number of rotatable bonds is 4. The molecular formula is C18H19BrN4O. The van der Waals surface area contributed by atoms with Gasteiger partial charge in [-0.2, -0.15) is 5.10 Å². The summed E-state index contributed by atoms with van der Waals surface area (Å²) >= 11 is 3.43. The SMILES string of the molecule is Cc1c(Br)c(C(=O)NC(C)c2ccc(-n3cccc3)cc2)nn1C. The Morgan fingerprint density at radius 3 is 2.38 bits per heavy atom. The number of hydrogen-bond acceptors (Lipinski definition) is 2. The van der Waals surface area contributed by atoms with Crippen molar-refractivity contribution < 1.29 is 4.79 Å². The molecule has 6 heteroatoms. The lowest BCUT2D eigenvalue weighted by molar-refractivity contribution is 0.0933. The van der Waals surface area contributed by atoms with Gasteiger partial charge in [0.1, 0.15) is 0 Å². The van der Waals surface area contributed by atoms with Crippen LogP contribution in [0.4, 0.5) is 0 Å². The standard InChI is InChI=1S/C18H19BrN4O/c1-12(20-18(24)17-16(19)13(2)22(3)21-17)14-6-8-15(9-7-14)23-10-4-5-11-23/h4-12H,1-3H3,(H,20,24). The summed E-state index contributed by atoms with van der Waals surface area (Å²) in [5.74, 6) is -0.187. The summed E-state index contributed by atoms with van der Waals surface area (Å²) in [5, 5.41) is 7.26. The Labute approximate surface area is 149 Å². The van der Waals surface area contributed by atoms with Crippen LogP contribution in [0.3, 0.4) is 0 Å². The van der Waals surface area contributed by atoms with Gasteiger partial charge < -0.3 is 9.88 Å². The molecule has 1 aromatic carbocycles. The van der Waals surface area contributed by atoms with E-state index in [0.717, 1.165) is 21.4 Å². The van der Waals surface area contributed by atoms with Gasteiger partial charge in [0.2, 0.25) is 0 Å². The van der Waals surface area contributed by atoms with Gasteiger partial charge in [0.25, 0.3) is 5.91 Å². The normalized spacial score (nSPS) is 12.2. The first kappa shape index (κ1) is 16.5. The van der Waals surface area contributed by atoms with Gasteiger partial charge in [-0.3, -0.25) is 9.48 Å². The lowest BCUT2D eigenvalue weighted by atomic mass is 10.1. The van der Waals surface area contributed by atoms with Crippen molar-refractivity contribution in [2.45, 2.75) is 19.9 Å². The molecule has 0 saturated heterocycles. The first-order valence-corrected chi connectivity index (χ1v) is 8.50. The van der Waals surface area contributed by atoms with E-state index in [2.05, 4.69) is 26.3 Å². The van der Waals surface area contributed by atoms with Gasteiger partial charge in [0.15, 0.2) is 5.69 Å². The third-order valence-electron chi connectivity index (χ3n) is 4.12. The van der Waals surface area contributed by atoms with Crippen LogP contribution in [0, 0.1) is 6.92 Å². The van der Waals surface area contributed by atoms with Gasteiger partial charge in [0, 0.05) is 25.1 Å². The van der Waals surface area contributed by atoms with Crippen LogP contribution in [-0.2, 0) is 7.05 Å². The maximum Gasteiger partial charge on any atom is 0.273 e. The second-order valence-corrected chi connectivity index (χ2v) is 6.54. The second kappa shape index (κ2) is 6.65. The molecule has 3 aromatic rings. The van der Waals surface area contributed by atoms with Crippen molar-refractivity contribution in [2.24, 2.45) is 7.05 Å². The molecule has 0 fully saturated rings. The number of aromatic nitrogens is 3. The van der Waals surface area contributed by atoms with E-state index < -0.39 is 0 Å². The van der Waals surface area contributed by atoms with Crippen LogP contribution in [0.15, 0.2) is 53.3 Å². The maximum absolute atomic E-state index is 12.4. The molecule has 0 spiro atoms. The summed E-state index contributed by atoms with van der Waals surface area (Å²) in [5.41, 5.74) is 3.46. The summed E-state index contributed by atoms with van der Waals surface area (Å²) in [6.07, 6.45) is 4.00. The predicted molar refractivity (Wildman–Crippen MR) is 97.3 cm³/mol. The molecule has 2 aromatic heterocycles. The van der Waals surface area contributed by atoms with E-state index in [1.165, 1.54) is 0 Å². The smallest absolute Gasteiger partial charge is 0.273 e. The van der Waals surface area contributed by atoms with E-state index in [4.69, 9.17) is 0 Å². The Balaban J connectivity index is 1.73. The molecular weight excluding hydrogens is 368 g/mol. The van der Waals surface area contributed by atoms with Gasteiger partial charge >= 0.3 is 0 Å². The highest BCUT2D eigenvalue weighted by Crippen LogP contribution is 2.21. The molecule has 124 valence electrons. The summed E-state index contributed by atoms with van der Waals surface area (Å²) < 4.78 is 4.47. The maximum atomic E-state index is 12.4. The largest absolute Gasteiger partial charge is 0.344 e. The lowest BCUT2D eigenvalue weighted by Gasteiger charge is -2.14. The number of halogens is 1. The highest BCUT2D eigenvalue weighted by atomic mass is 79.9. The van der Waals surface area contributed by atoms with Crippen molar-refractivity contribution >= 4 is 21.8 Å². The molecule has 1 N–H and O–H groups in total. The van der Waals surface area contributed by atoms with Crippen molar-refractivity contribution in [3.8, 4) is 5.69 Å². The Hall–Kier alpha value is -2.34. The van der Waals surface area contributed by atoms with Crippen molar-refractivity contribution in [3.63, 3.8) is 0 Å². The Kier molecular flexibility index (Phi) is 4.57. The summed E-state index contributed by atoms with van der Waals surface area (Å²) in [6.45, 7) is 3.88. The Bertz CT molecular complexity index is 850. The molecule has 0 bridgehead atoms. The molecule has 5 nitrogen and oxygen atoms in total. The molecule has 1 atom stereocenters. The fourth-order valence-electron chi connectivity index (χ4n) is 2.52. The van der Waals surface area contributed by atoms with Gasteiger partial charge in [-0.25, -0.2) is 0 Å². The van der Waals surface area contributed by atoms with Gasteiger partial charge in [-0.1, -0.05) is 12.1 Å². The summed E-state index contributed by atoms with van der Waals surface area (Å²) in [4.78, 5) is 12.4.